The van der Waals surface area contributed by atoms with Gasteiger partial charge in [0.15, 0.2) is 0 Å². The van der Waals surface area contributed by atoms with Gasteiger partial charge in [0.25, 0.3) is 0 Å². The molecule has 2 heterocycles. The van der Waals surface area contributed by atoms with Crippen LogP contribution in [0.5, 0.6) is 5.75 Å². The Bertz CT molecular complexity index is 729. The van der Waals surface area contributed by atoms with Crippen LogP contribution >= 0.6 is 0 Å². The first-order valence-corrected chi connectivity index (χ1v) is 8.98. The van der Waals surface area contributed by atoms with Gasteiger partial charge >= 0.3 is 0 Å². The molecular formula is C21H25N3O2. The molecule has 1 aliphatic heterocycles. The number of benzene rings is 1. The number of nitrogens with zero attached hydrogens (tertiary/aromatic N) is 2. The molecule has 1 aromatic carbocycles. The Kier molecular flexibility index (Phi) is 6.39. The second-order valence-corrected chi connectivity index (χ2v) is 6.55. The molecule has 1 fully saturated rings. The topological polar surface area (TPSA) is 54.5 Å². The maximum atomic E-state index is 12.3. The highest BCUT2D eigenvalue weighted by atomic mass is 16.5. The second kappa shape index (κ2) is 9.15. The zero-order chi connectivity index (χ0) is 18.2. The molecule has 26 heavy (non-hydrogen) atoms. The van der Waals surface area contributed by atoms with Crippen LogP contribution < -0.4 is 10.1 Å². The minimum absolute atomic E-state index is 0.0838. The fourth-order valence-electron chi connectivity index (χ4n) is 3.09. The standard InChI is InChI=1S/C21H25N3O2/c1-22-13-18-10-12-24(15-18)21(25)9-6-17-4-7-20(8-5-17)26-16-19-3-2-11-23-14-19/h2-9,11,14,18,22H,10,12-13,15-16H2,1H3/b9-6+. The molecule has 0 bridgehead atoms. The van der Waals surface area contributed by atoms with Crippen molar-refractivity contribution in [2.45, 2.75) is 13.0 Å². The molecule has 1 amide bonds. The second-order valence-electron chi connectivity index (χ2n) is 6.55. The Morgan fingerprint density at radius 3 is 2.92 bits per heavy atom. The van der Waals surface area contributed by atoms with Gasteiger partial charge in [-0.3, -0.25) is 9.78 Å². The van der Waals surface area contributed by atoms with Crippen molar-refractivity contribution in [1.29, 1.82) is 0 Å². The molecule has 0 aliphatic carbocycles. The zero-order valence-electron chi connectivity index (χ0n) is 15.1. The quantitative estimate of drug-likeness (QED) is 0.780. The summed E-state index contributed by atoms with van der Waals surface area (Å²) in [6.07, 6.45) is 8.13. The fourth-order valence-corrected chi connectivity index (χ4v) is 3.09. The molecule has 0 radical (unpaired) electrons. The number of likely N-dealkylation sites (tertiary alicyclic amines) is 1. The monoisotopic (exact) mass is 351 g/mol. The van der Waals surface area contributed by atoms with Gasteiger partial charge in [0.1, 0.15) is 12.4 Å². The zero-order valence-corrected chi connectivity index (χ0v) is 15.1. The van der Waals surface area contributed by atoms with E-state index < -0.39 is 0 Å². The number of carbonyl (C=O) groups excluding carboxylic acids is 1. The maximum Gasteiger partial charge on any atom is 0.246 e. The van der Waals surface area contributed by atoms with Crippen molar-refractivity contribution in [2.24, 2.45) is 5.92 Å². The minimum Gasteiger partial charge on any atom is -0.489 e. The smallest absolute Gasteiger partial charge is 0.246 e. The number of nitrogens with one attached hydrogen (secondary N) is 1. The lowest BCUT2D eigenvalue weighted by Gasteiger charge is -2.14. The highest BCUT2D eigenvalue weighted by molar-refractivity contribution is 5.92. The van der Waals surface area contributed by atoms with Crippen LogP contribution in [0.25, 0.3) is 6.08 Å². The highest BCUT2D eigenvalue weighted by Crippen LogP contribution is 2.17. The van der Waals surface area contributed by atoms with E-state index in [1.807, 2.05) is 54.4 Å². The van der Waals surface area contributed by atoms with Gasteiger partial charge in [0.05, 0.1) is 0 Å². The van der Waals surface area contributed by atoms with Crippen LogP contribution in [0.1, 0.15) is 17.5 Å². The number of ether oxygens (including phenoxy) is 1. The molecule has 0 saturated carbocycles. The number of hydrogen-bond acceptors (Lipinski definition) is 4. The molecule has 1 atom stereocenters. The summed E-state index contributed by atoms with van der Waals surface area (Å²) in [5.41, 5.74) is 2.02. The number of carbonyl (C=O) groups is 1. The molecule has 2 aromatic rings. The molecule has 136 valence electrons. The van der Waals surface area contributed by atoms with E-state index in [1.165, 1.54) is 0 Å². The van der Waals surface area contributed by atoms with Crippen LogP contribution in [0.4, 0.5) is 0 Å². The largest absolute Gasteiger partial charge is 0.489 e. The molecule has 1 aliphatic rings. The Balaban J connectivity index is 1.49. The van der Waals surface area contributed by atoms with Crippen molar-refractivity contribution in [3.63, 3.8) is 0 Å². The first kappa shape index (κ1) is 18.1. The summed E-state index contributed by atoms with van der Waals surface area (Å²) in [6.45, 7) is 3.14. The van der Waals surface area contributed by atoms with Gasteiger partial charge in [-0.05, 0) is 55.8 Å². The number of pyridine rings is 1. The average molecular weight is 351 g/mol. The van der Waals surface area contributed by atoms with E-state index in [4.69, 9.17) is 4.74 Å². The summed E-state index contributed by atoms with van der Waals surface area (Å²) < 4.78 is 5.74. The fraction of sp³-hybridized carbons (Fsp3) is 0.333. The van der Waals surface area contributed by atoms with E-state index in [9.17, 15) is 4.79 Å². The van der Waals surface area contributed by atoms with E-state index in [1.54, 1.807) is 18.5 Å². The van der Waals surface area contributed by atoms with E-state index >= 15 is 0 Å². The Labute approximate surface area is 154 Å². The van der Waals surface area contributed by atoms with E-state index in [2.05, 4.69) is 10.3 Å². The third-order valence-electron chi connectivity index (χ3n) is 4.52. The van der Waals surface area contributed by atoms with Gasteiger partial charge in [-0.25, -0.2) is 0 Å². The lowest BCUT2D eigenvalue weighted by atomic mass is 10.1. The van der Waals surface area contributed by atoms with Gasteiger partial charge in [-0.15, -0.1) is 0 Å². The Morgan fingerprint density at radius 1 is 1.35 bits per heavy atom. The first-order valence-electron chi connectivity index (χ1n) is 8.98. The van der Waals surface area contributed by atoms with Crippen molar-refractivity contribution >= 4 is 12.0 Å². The maximum absolute atomic E-state index is 12.3. The van der Waals surface area contributed by atoms with Crippen LogP contribution in [-0.2, 0) is 11.4 Å². The van der Waals surface area contributed by atoms with E-state index in [0.29, 0.717) is 12.5 Å². The van der Waals surface area contributed by atoms with Gasteiger partial charge in [-0.1, -0.05) is 18.2 Å². The normalized spacial score (nSPS) is 17.0. The number of aromatic nitrogens is 1. The summed E-state index contributed by atoms with van der Waals surface area (Å²) in [5.74, 6) is 1.45. The molecule has 1 saturated heterocycles. The molecule has 5 heteroatoms. The summed E-state index contributed by atoms with van der Waals surface area (Å²) in [6, 6.07) is 11.6. The lowest BCUT2D eigenvalue weighted by Crippen LogP contribution is -2.28. The third-order valence-corrected chi connectivity index (χ3v) is 4.52. The van der Waals surface area contributed by atoms with Crippen LogP contribution in [-0.4, -0.2) is 42.5 Å². The summed E-state index contributed by atoms with van der Waals surface area (Å²) in [7, 11) is 1.95. The predicted molar refractivity (Wildman–Crippen MR) is 103 cm³/mol. The van der Waals surface area contributed by atoms with Crippen molar-refractivity contribution in [2.75, 3.05) is 26.7 Å². The Morgan fingerprint density at radius 2 is 2.19 bits per heavy atom. The molecule has 3 rings (SSSR count). The van der Waals surface area contributed by atoms with Crippen LogP contribution in [0, 0.1) is 5.92 Å². The number of hydrogen-bond donors (Lipinski definition) is 1. The van der Waals surface area contributed by atoms with Crippen LogP contribution in [0.2, 0.25) is 0 Å². The number of amides is 1. The average Bonchev–Trinajstić information content (AvgIpc) is 3.15. The van der Waals surface area contributed by atoms with Gasteiger partial charge < -0.3 is 15.0 Å². The summed E-state index contributed by atoms with van der Waals surface area (Å²) in [5, 5.41) is 3.18. The lowest BCUT2D eigenvalue weighted by molar-refractivity contribution is -0.125. The van der Waals surface area contributed by atoms with Crippen LogP contribution in [0.3, 0.4) is 0 Å². The van der Waals surface area contributed by atoms with E-state index in [-0.39, 0.29) is 5.91 Å². The molecule has 1 N–H and O–H groups in total. The molecular weight excluding hydrogens is 326 g/mol. The van der Waals surface area contributed by atoms with Crippen molar-refractivity contribution in [3.8, 4) is 5.75 Å². The summed E-state index contributed by atoms with van der Waals surface area (Å²) in [4.78, 5) is 18.3. The van der Waals surface area contributed by atoms with Crippen molar-refractivity contribution < 1.29 is 9.53 Å². The number of rotatable bonds is 7. The first-order chi connectivity index (χ1) is 12.7. The SMILES string of the molecule is CNCC1CCN(C(=O)/C=C/c2ccc(OCc3cccnc3)cc2)C1. The summed E-state index contributed by atoms with van der Waals surface area (Å²) >= 11 is 0. The predicted octanol–water partition coefficient (Wildman–Crippen LogP) is 2.74. The van der Waals surface area contributed by atoms with Crippen molar-refractivity contribution in [1.82, 2.24) is 15.2 Å². The molecule has 5 nitrogen and oxygen atoms in total. The van der Waals surface area contributed by atoms with Crippen molar-refractivity contribution in [3.05, 3.63) is 66.0 Å². The van der Waals surface area contributed by atoms with Gasteiger partial charge in [-0.2, -0.15) is 0 Å². The molecule has 1 unspecified atom stereocenters. The van der Waals surface area contributed by atoms with Gasteiger partial charge in [0.2, 0.25) is 5.91 Å². The Hall–Kier alpha value is -2.66. The minimum atomic E-state index is 0.0838. The van der Waals surface area contributed by atoms with Gasteiger partial charge in [0, 0.05) is 37.1 Å². The van der Waals surface area contributed by atoms with E-state index in [0.717, 1.165) is 42.9 Å². The van der Waals surface area contributed by atoms with Crippen LogP contribution in [0.15, 0.2) is 54.9 Å². The third kappa shape index (κ3) is 5.17. The molecule has 1 aromatic heterocycles. The molecule has 0 spiro atoms. The highest BCUT2D eigenvalue weighted by Gasteiger charge is 2.24.